The minimum atomic E-state index is -0.471. The number of phenolic OH excluding ortho intramolecular Hbond substituents is 1. The number of hydrogen-bond acceptors (Lipinski definition) is 4. The molecule has 1 aromatic carbocycles. The number of hydrogen-bond donors (Lipinski definition) is 5. The highest BCUT2D eigenvalue weighted by Crippen LogP contribution is 2.26. The standard InChI is InChI=1S/C10H15N3O3/c1-11-7-2-3-8(9(15)6-7)13-10(16)12-4-5-14/h2-3,6,11,14-15H,4-5H2,1H3,(H2,12,13,16). The number of aromatic hydroxyl groups is 1. The summed E-state index contributed by atoms with van der Waals surface area (Å²) in [5, 5.41) is 25.8. The van der Waals surface area contributed by atoms with Crippen molar-refractivity contribution < 1.29 is 15.0 Å². The van der Waals surface area contributed by atoms with E-state index in [1.807, 2.05) is 0 Å². The molecule has 0 atom stereocenters. The lowest BCUT2D eigenvalue weighted by molar-refractivity contribution is 0.244. The van der Waals surface area contributed by atoms with E-state index in [4.69, 9.17) is 5.11 Å². The van der Waals surface area contributed by atoms with Gasteiger partial charge >= 0.3 is 6.03 Å². The molecule has 1 aromatic rings. The van der Waals surface area contributed by atoms with E-state index in [9.17, 15) is 9.90 Å². The highest BCUT2D eigenvalue weighted by molar-refractivity contribution is 5.91. The molecule has 0 aromatic heterocycles. The van der Waals surface area contributed by atoms with E-state index in [2.05, 4.69) is 16.0 Å². The Labute approximate surface area is 93.3 Å². The van der Waals surface area contributed by atoms with Gasteiger partial charge in [0, 0.05) is 25.3 Å². The number of rotatable bonds is 4. The molecule has 2 amide bonds. The van der Waals surface area contributed by atoms with Crippen LogP contribution in [-0.4, -0.2) is 36.4 Å². The van der Waals surface area contributed by atoms with Crippen LogP contribution in [0.4, 0.5) is 16.2 Å². The number of phenols is 1. The summed E-state index contributed by atoms with van der Waals surface area (Å²) in [7, 11) is 1.73. The molecule has 16 heavy (non-hydrogen) atoms. The minimum absolute atomic E-state index is 0.0222. The Balaban J connectivity index is 2.63. The molecule has 6 heteroatoms. The summed E-state index contributed by atoms with van der Waals surface area (Å²) in [6, 6.07) is 4.34. The van der Waals surface area contributed by atoms with Crippen molar-refractivity contribution in [1.82, 2.24) is 5.32 Å². The smallest absolute Gasteiger partial charge is 0.319 e. The van der Waals surface area contributed by atoms with E-state index < -0.39 is 6.03 Å². The first-order valence-corrected chi connectivity index (χ1v) is 4.84. The molecule has 0 bridgehead atoms. The van der Waals surface area contributed by atoms with Crippen LogP contribution in [0.25, 0.3) is 0 Å². The second kappa shape index (κ2) is 5.82. The third-order valence-electron chi connectivity index (χ3n) is 1.93. The molecule has 0 unspecified atom stereocenters. The quantitative estimate of drug-likeness (QED) is 0.484. The molecule has 0 saturated carbocycles. The lowest BCUT2D eigenvalue weighted by Crippen LogP contribution is -2.30. The van der Waals surface area contributed by atoms with Gasteiger partial charge in [-0.3, -0.25) is 0 Å². The van der Waals surface area contributed by atoms with Gasteiger partial charge in [-0.15, -0.1) is 0 Å². The molecular formula is C10H15N3O3. The molecule has 0 aliphatic carbocycles. The predicted molar refractivity (Wildman–Crippen MR) is 61.8 cm³/mol. The largest absolute Gasteiger partial charge is 0.506 e. The zero-order chi connectivity index (χ0) is 12.0. The molecule has 0 saturated heterocycles. The molecule has 0 radical (unpaired) electrons. The lowest BCUT2D eigenvalue weighted by Gasteiger charge is -2.09. The maximum absolute atomic E-state index is 11.2. The van der Waals surface area contributed by atoms with Gasteiger partial charge in [0.2, 0.25) is 0 Å². The molecule has 5 N–H and O–H groups in total. The van der Waals surface area contributed by atoms with Crippen molar-refractivity contribution >= 4 is 17.4 Å². The van der Waals surface area contributed by atoms with Crippen molar-refractivity contribution in [3.8, 4) is 5.75 Å². The van der Waals surface area contributed by atoms with Gasteiger partial charge in [-0.25, -0.2) is 4.79 Å². The van der Waals surface area contributed by atoms with Crippen LogP contribution in [0.3, 0.4) is 0 Å². The first kappa shape index (κ1) is 12.1. The Morgan fingerprint density at radius 1 is 1.44 bits per heavy atom. The van der Waals surface area contributed by atoms with E-state index >= 15 is 0 Å². The maximum Gasteiger partial charge on any atom is 0.319 e. The van der Waals surface area contributed by atoms with Gasteiger partial charge in [-0.2, -0.15) is 0 Å². The SMILES string of the molecule is CNc1ccc(NC(=O)NCCO)c(O)c1. The topological polar surface area (TPSA) is 93.6 Å². The van der Waals surface area contributed by atoms with Crippen LogP contribution >= 0.6 is 0 Å². The van der Waals surface area contributed by atoms with E-state index in [-0.39, 0.29) is 18.9 Å². The Bertz CT molecular complexity index is 368. The van der Waals surface area contributed by atoms with Gasteiger partial charge in [0.25, 0.3) is 0 Å². The summed E-state index contributed by atoms with van der Waals surface area (Å²) in [5.74, 6) is -0.0222. The summed E-state index contributed by atoms with van der Waals surface area (Å²) in [6.07, 6.45) is 0. The second-order valence-corrected chi connectivity index (χ2v) is 3.09. The molecule has 0 heterocycles. The van der Waals surface area contributed by atoms with Crippen LogP contribution in [0.15, 0.2) is 18.2 Å². The molecule has 6 nitrogen and oxygen atoms in total. The molecule has 1 rings (SSSR count). The normalized spacial score (nSPS) is 9.62. The number of nitrogens with one attached hydrogen (secondary N) is 3. The molecule has 0 aliphatic rings. The zero-order valence-corrected chi connectivity index (χ0v) is 8.95. The van der Waals surface area contributed by atoms with Crippen LogP contribution < -0.4 is 16.0 Å². The van der Waals surface area contributed by atoms with E-state index in [1.165, 1.54) is 6.07 Å². The molecule has 0 aliphatic heterocycles. The molecule has 88 valence electrons. The van der Waals surface area contributed by atoms with E-state index in [1.54, 1.807) is 19.2 Å². The third kappa shape index (κ3) is 3.32. The van der Waals surface area contributed by atoms with Crippen LogP contribution in [0.5, 0.6) is 5.75 Å². The predicted octanol–water partition coefficient (Wildman–Crippen LogP) is 0.548. The molecular weight excluding hydrogens is 210 g/mol. The summed E-state index contributed by atoms with van der Waals surface area (Å²) in [6.45, 7) is 0.0410. The Hall–Kier alpha value is -1.95. The Kier molecular flexibility index (Phi) is 4.41. The third-order valence-corrected chi connectivity index (χ3v) is 1.93. The van der Waals surface area contributed by atoms with Gasteiger partial charge in [-0.1, -0.05) is 0 Å². The molecule has 0 spiro atoms. The van der Waals surface area contributed by atoms with Gasteiger partial charge in [0.05, 0.1) is 12.3 Å². The van der Waals surface area contributed by atoms with Crippen molar-refractivity contribution in [2.45, 2.75) is 0 Å². The lowest BCUT2D eigenvalue weighted by atomic mass is 10.2. The number of urea groups is 1. The molecule has 0 fully saturated rings. The summed E-state index contributed by atoms with van der Waals surface area (Å²) < 4.78 is 0. The summed E-state index contributed by atoms with van der Waals surface area (Å²) in [5.41, 5.74) is 1.06. The second-order valence-electron chi connectivity index (χ2n) is 3.09. The van der Waals surface area contributed by atoms with Crippen molar-refractivity contribution in [3.05, 3.63) is 18.2 Å². The van der Waals surface area contributed by atoms with Crippen LogP contribution in [0.1, 0.15) is 0 Å². The fourth-order valence-corrected chi connectivity index (χ4v) is 1.13. The van der Waals surface area contributed by atoms with E-state index in [0.717, 1.165) is 5.69 Å². The van der Waals surface area contributed by atoms with Crippen molar-refractivity contribution in [3.63, 3.8) is 0 Å². The number of amides is 2. The maximum atomic E-state index is 11.2. The monoisotopic (exact) mass is 225 g/mol. The van der Waals surface area contributed by atoms with Crippen LogP contribution in [-0.2, 0) is 0 Å². The average molecular weight is 225 g/mol. The number of carbonyl (C=O) groups excluding carboxylic acids is 1. The van der Waals surface area contributed by atoms with Crippen molar-refractivity contribution in [1.29, 1.82) is 0 Å². The Morgan fingerprint density at radius 3 is 2.75 bits per heavy atom. The average Bonchev–Trinajstić information content (AvgIpc) is 2.29. The number of anilines is 2. The summed E-state index contributed by atoms with van der Waals surface area (Å²) >= 11 is 0. The first-order valence-electron chi connectivity index (χ1n) is 4.84. The number of aliphatic hydroxyl groups excluding tert-OH is 1. The van der Waals surface area contributed by atoms with Crippen LogP contribution in [0, 0.1) is 0 Å². The first-order chi connectivity index (χ1) is 7.67. The number of benzene rings is 1. The Morgan fingerprint density at radius 2 is 2.19 bits per heavy atom. The number of aliphatic hydroxyl groups is 1. The zero-order valence-electron chi connectivity index (χ0n) is 8.95. The van der Waals surface area contributed by atoms with Crippen molar-refractivity contribution in [2.24, 2.45) is 0 Å². The fraction of sp³-hybridized carbons (Fsp3) is 0.300. The van der Waals surface area contributed by atoms with Crippen LogP contribution in [0.2, 0.25) is 0 Å². The fourth-order valence-electron chi connectivity index (χ4n) is 1.13. The summed E-state index contributed by atoms with van der Waals surface area (Å²) in [4.78, 5) is 11.2. The number of carbonyl (C=O) groups is 1. The van der Waals surface area contributed by atoms with Gasteiger partial charge in [0.15, 0.2) is 0 Å². The van der Waals surface area contributed by atoms with Gasteiger partial charge < -0.3 is 26.2 Å². The van der Waals surface area contributed by atoms with Gasteiger partial charge in [-0.05, 0) is 12.1 Å². The highest BCUT2D eigenvalue weighted by atomic mass is 16.3. The van der Waals surface area contributed by atoms with Crippen molar-refractivity contribution in [2.75, 3.05) is 30.8 Å². The minimum Gasteiger partial charge on any atom is -0.506 e. The highest BCUT2D eigenvalue weighted by Gasteiger charge is 2.05. The van der Waals surface area contributed by atoms with E-state index in [0.29, 0.717) is 5.69 Å². The van der Waals surface area contributed by atoms with Gasteiger partial charge in [0.1, 0.15) is 5.75 Å².